The second-order valence-electron chi connectivity index (χ2n) is 4.48. The third-order valence-corrected chi connectivity index (χ3v) is 3.44. The summed E-state index contributed by atoms with van der Waals surface area (Å²) in [7, 11) is 0. The van der Waals surface area contributed by atoms with E-state index < -0.39 is 28.6 Å². The molecule has 0 saturated heterocycles. The topological polar surface area (TPSA) is 0 Å². The van der Waals surface area contributed by atoms with Crippen molar-refractivity contribution in [3.05, 3.63) is 70.3 Å². The smallest absolute Gasteiger partial charge is 0.162 e. The highest BCUT2D eigenvalue weighted by Gasteiger charge is 2.21. The number of benzene rings is 2. The zero-order valence-electron chi connectivity index (χ0n) is 10.6. The van der Waals surface area contributed by atoms with Crippen LogP contribution in [0.2, 0.25) is 0 Å². The number of hydrogen-bond donors (Lipinski definition) is 0. The molecule has 2 aromatic rings. The molecule has 0 aliphatic rings. The first-order valence-corrected chi connectivity index (χ1v) is 6.37. The van der Waals surface area contributed by atoms with Crippen molar-refractivity contribution in [2.75, 3.05) is 0 Å². The van der Waals surface area contributed by atoms with Crippen molar-refractivity contribution in [3.8, 4) is 0 Å². The lowest BCUT2D eigenvalue weighted by molar-refractivity contribution is 0.495. The molecule has 0 nitrogen and oxygen atoms in total. The van der Waals surface area contributed by atoms with Gasteiger partial charge in [0.1, 0.15) is 11.6 Å². The fraction of sp³-hybridized carbons (Fsp3) is 0.200. The van der Waals surface area contributed by atoms with E-state index in [4.69, 9.17) is 11.6 Å². The predicted octanol–water partition coefficient (Wildman–Crippen LogP) is 5.07. The van der Waals surface area contributed by atoms with Crippen molar-refractivity contribution in [1.82, 2.24) is 0 Å². The lowest BCUT2D eigenvalue weighted by Crippen LogP contribution is -2.06. The first-order valence-electron chi connectivity index (χ1n) is 5.93. The van der Waals surface area contributed by atoms with Gasteiger partial charge in [-0.1, -0.05) is 18.2 Å². The molecule has 0 fully saturated rings. The van der Waals surface area contributed by atoms with Gasteiger partial charge in [-0.15, -0.1) is 11.6 Å². The molecule has 0 radical (unpaired) electrons. The van der Waals surface area contributed by atoms with E-state index in [1.807, 2.05) is 0 Å². The Morgan fingerprint density at radius 1 is 0.950 bits per heavy atom. The van der Waals surface area contributed by atoms with Crippen molar-refractivity contribution in [1.29, 1.82) is 0 Å². The fourth-order valence-corrected chi connectivity index (χ4v) is 2.33. The SMILES string of the molecule is Cc1ccc(F)c(C(Cl)Cc2cccc(F)c2F)c1F. The van der Waals surface area contributed by atoms with Crippen LogP contribution in [-0.4, -0.2) is 0 Å². The predicted molar refractivity (Wildman–Crippen MR) is 69.8 cm³/mol. The van der Waals surface area contributed by atoms with E-state index in [0.29, 0.717) is 0 Å². The maximum Gasteiger partial charge on any atom is 0.162 e. The summed E-state index contributed by atoms with van der Waals surface area (Å²) in [6.45, 7) is 1.48. The molecule has 0 heterocycles. The van der Waals surface area contributed by atoms with Crippen molar-refractivity contribution in [2.24, 2.45) is 0 Å². The molecule has 20 heavy (non-hydrogen) atoms. The molecule has 2 aromatic carbocycles. The van der Waals surface area contributed by atoms with Gasteiger partial charge in [0.15, 0.2) is 11.6 Å². The van der Waals surface area contributed by atoms with Crippen molar-refractivity contribution in [3.63, 3.8) is 0 Å². The average molecular weight is 303 g/mol. The molecule has 0 spiro atoms. The Kier molecular flexibility index (Phi) is 4.33. The highest BCUT2D eigenvalue weighted by atomic mass is 35.5. The molecule has 2 rings (SSSR count). The summed E-state index contributed by atoms with van der Waals surface area (Å²) in [5.74, 6) is -3.63. The van der Waals surface area contributed by atoms with Crippen molar-refractivity contribution < 1.29 is 17.6 Å². The van der Waals surface area contributed by atoms with E-state index in [1.54, 1.807) is 0 Å². The minimum atomic E-state index is -1.12. The molecular weight excluding hydrogens is 292 g/mol. The third kappa shape index (κ3) is 2.80. The van der Waals surface area contributed by atoms with Gasteiger partial charge in [-0.25, -0.2) is 17.6 Å². The van der Waals surface area contributed by atoms with Gasteiger partial charge in [-0.05, 0) is 36.6 Å². The molecule has 0 saturated carbocycles. The van der Waals surface area contributed by atoms with Gasteiger partial charge >= 0.3 is 0 Å². The molecule has 1 unspecified atom stereocenters. The molecule has 1 atom stereocenters. The molecule has 5 heteroatoms. The Morgan fingerprint density at radius 3 is 2.35 bits per heavy atom. The Balaban J connectivity index is 2.36. The molecule has 0 amide bonds. The van der Waals surface area contributed by atoms with Crippen molar-refractivity contribution in [2.45, 2.75) is 18.7 Å². The van der Waals surface area contributed by atoms with Crippen molar-refractivity contribution >= 4 is 11.6 Å². The molecule has 0 aliphatic carbocycles. The van der Waals surface area contributed by atoms with Crippen LogP contribution < -0.4 is 0 Å². The van der Waals surface area contributed by atoms with E-state index in [9.17, 15) is 17.6 Å². The Labute approximate surface area is 119 Å². The zero-order valence-corrected chi connectivity index (χ0v) is 11.3. The standard InChI is InChI=1S/C15H11ClF4/c1-8-5-6-11(17)13(14(8)19)10(16)7-9-3-2-4-12(18)15(9)20/h2-6,10H,7H2,1H3. The van der Waals surface area contributed by atoms with Gasteiger partial charge in [0.25, 0.3) is 0 Å². The van der Waals surface area contributed by atoms with Crippen LogP contribution in [0.3, 0.4) is 0 Å². The van der Waals surface area contributed by atoms with Crippen LogP contribution in [0.4, 0.5) is 17.6 Å². The lowest BCUT2D eigenvalue weighted by atomic mass is 10.0. The first kappa shape index (κ1) is 14.9. The Hall–Kier alpha value is -1.55. The lowest BCUT2D eigenvalue weighted by Gasteiger charge is -2.14. The molecular formula is C15H11ClF4. The summed E-state index contributed by atoms with van der Waals surface area (Å²) in [4.78, 5) is 0. The monoisotopic (exact) mass is 302 g/mol. The maximum absolute atomic E-state index is 13.9. The molecule has 0 N–H and O–H groups in total. The summed E-state index contributed by atoms with van der Waals surface area (Å²) < 4.78 is 54.2. The van der Waals surface area contributed by atoms with E-state index >= 15 is 0 Å². The minimum Gasteiger partial charge on any atom is -0.207 e. The van der Waals surface area contributed by atoms with Crippen LogP contribution in [0.1, 0.15) is 22.1 Å². The third-order valence-electron chi connectivity index (χ3n) is 3.06. The summed E-state index contributed by atoms with van der Waals surface area (Å²) in [6.07, 6.45) is -0.206. The minimum absolute atomic E-state index is 0.0229. The number of rotatable bonds is 3. The van der Waals surface area contributed by atoms with Crippen LogP contribution in [0.25, 0.3) is 0 Å². The summed E-state index contributed by atoms with van der Waals surface area (Å²) >= 11 is 5.98. The molecule has 0 aliphatic heterocycles. The number of aryl methyl sites for hydroxylation is 1. The van der Waals surface area contributed by atoms with Crippen LogP contribution in [0, 0.1) is 30.2 Å². The molecule has 106 valence electrons. The van der Waals surface area contributed by atoms with Crippen LogP contribution in [-0.2, 0) is 6.42 Å². The number of alkyl halides is 1. The average Bonchev–Trinajstić information content (AvgIpc) is 2.40. The summed E-state index contributed by atoms with van der Waals surface area (Å²) in [5.41, 5.74) is -0.104. The van der Waals surface area contributed by atoms with Gasteiger partial charge in [-0.2, -0.15) is 0 Å². The van der Waals surface area contributed by atoms with Gasteiger partial charge < -0.3 is 0 Å². The Bertz CT molecular complexity index is 640. The van der Waals surface area contributed by atoms with Crippen LogP contribution in [0.5, 0.6) is 0 Å². The summed E-state index contributed by atoms with van der Waals surface area (Å²) in [6, 6.07) is 6.02. The second-order valence-corrected chi connectivity index (χ2v) is 5.00. The highest BCUT2D eigenvalue weighted by molar-refractivity contribution is 6.21. The van der Waals surface area contributed by atoms with Gasteiger partial charge in [0, 0.05) is 5.56 Å². The molecule has 0 aromatic heterocycles. The zero-order chi connectivity index (χ0) is 14.9. The quantitative estimate of drug-likeness (QED) is 0.548. The van der Waals surface area contributed by atoms with E-state index in [0.717, 1.165) is 12.1 Å². The maximum atomic E-state index is 13.9. The van der Waals surface area contributed by atoms with Gasteiger partial charge in [0.05, 0.1) is 5.38 Å². The number of halogens is 5. The van der Waals surface area contributed by atoms with Crippen LogP contribution in [0.15, 0.2) is 30.3 Å². The van der Waals surface area contributed by atoms with Gasteiger partial charge in [0.2, 0.25) is 0 Å². The Morgan fingerprint density at radius 2 is 1.65 bits per heavy atom. The second kappa shape index (κ2) is 5.83. The van der Waals surface area contributed by atoms with Crippen LogP contribution >= 0.6 is 11.6 Å². The molecule has 0 bridgehead atoms. The fourth-order valence-electron chi connectivity index (χ4n) is 1.97. The van der Waals surface area contributed by atoms with E-state index in [2.05, 4.69) is 0 Å². The summed E-state index contributed by atoms with van der Waals surface area (Å²) in [5, 5.41) is -1.12. The normalized spacial score (nSPS) is 12.5. The largest absolute Gasteiger partial charge is 0.207 e. The van der Waals surface area contributed by atoms with E-state index in [-0.39, 0.29) is 23.1 Å². The first-order chi connectivity index (χ1) is 9.41. The van der Waals surface area contributed by atoms with E-state index in [1.165, 1.54) is 25.1 Å². The highest BCUT2D eigenvalue weighted by Crippen LogP contribution is 2.31. The van der Waals surface area contributed by atoms with Gasteiger partial charge in [-0.3, -0.25) is 0 Å². The number of hydrogen-bond acceptors (Lipinski definition) is 0.